The maximum Gasteiger partial charge on any atom is 0.408 e. The lowest BCUT2D eigenvalue weighted by Gasteiger charge is -2.14. The summed E-state index contributed by atoms with van der Waals surface area (Å²) in [4.78, 5) is 11.7. The van der Waals surface area contributed by atoms with Gasteiger partial charge in [-0.2, -0.15) is 18.3 Å². The Hall–Kier alpha value is -1.09. The van der Waals surface area contributed by atoms with E-state index in [1.807, 2.05) is 6.92 Å². The molecule has 0 bridgehead atoms. The van der Waals surface area contributed by atoms with Gasteiger partial charge in [-0.05, 0) is 22.4 Å². The molecule has 1 atom stereocenters. The molecular formula is C10H14BrF3N4O. The zero-order valence-electron chi connectivity index (χ0n) is 10.2. The fourth-order valence-electron chi connectivity index (χ4n) is 1.26. The first kappa shape index (κ1) is 16.0. The van der Waals surface area contributed by atoms with Crippen LogP contribution >= 0.6 is 15.9 Å². The minimum atomic E-state index is -4.49. The standard InChI is InChI=1S/C10H14BrF3N4O/c1-2-6(15)3-16-7-4-17-18(5-10(12,13)14)9(19)8(7)11/h4,6,16H,2-3,5,15H2,1H3. The number of anilines is 1. The first-order valence-corrected chi connectivity index (χ1v) is 6.35. The van der Waals surface area contributed by atoms with E-state index >= 15 is 0 Å². The maximum atomic E-state index is 12.2. The number of hydrogen-bond donors (Lipinski definition) is 2. The predicted molar refractivity (Wildman–Crippen MR) is 69.0 cm³/mol. The number of rotatable bonds is 5. The van der Waals surface area contributed by atoms with Crippen LogP contribution in [0.3, 0.4) is 0 Å². The van der Waals surface area contributed by atoms with Crippen molar-refractivity contribution in [1.82, 2.24) is 9.78 Å². The summed E-state index contributed by atoms with van der Waals surface area (Å²) >= 11 is 2.97. The molecule has 0 radical (unpaired) electrons. The van der Waals surface area contributed by atoms with E-state index in [0.29, 0.717) is 16.9 Å². The lowest BCUT2D eigenvalue weighted by Crippen LogP contribution is -2.32. The maximum absolute atomic E-state index is 12.2. The third kappa shape index (κ3) is 4.83. The molecule has 1 aromatic rings. The highest BCUT2D eigenvalue weighted by Gasteiger charge is 2.29. The average molecular weight is 343 g/mol. The molecule has 9 heteroatoms. The van der Waals surface area contributed by atoms with E-state index in [4.69, 9.17) is 5.73 Å². The van der Waals surface area contributed by atoms with Crippen molar-refractivity contribution in [2.45, 2.75) is 32.1 Å². The van der Waals surface area contributed by atoms with Crippen molar-refractivity contribution in [1.29, 1.82) is 0 Å². The molecule has 0 aromatic carbocycles. The van der Waals surface area contributed by atoms with Gasteiger partial charge in [0.15, 0.2) is 0 Å². The van der Waals surface area contributed by atoms with Gasteiger partial charge < -0.3 is 11.1 Å². The van der Waals surface area contributed by atoms with E-state index in [0.717, 1.165) is 6.42 Å². The second kappa shape index (κ2) is 6.38. The first-order chi connectivity index (χ1) is 8.74. The van der Waals surface area contributed by atoms with E-state index in [2.05, 4.69) is 26.3 Å². The van der Waals surface area contributed by atoms with Crippen LogP contribution in [-0.2, 0) is 6.54 Å². The largest absolute Gasteiger partial charge is 0.408 e. The van der Waals surface area contributed by atoms with Gasteiger partial charge in [-0.15, -0.1) is 0 Å². The summed E-state index contributed by atoms with van der Waals surface area (Å²) in [5, 5.41) is 6.34. The second-order valence-electron chi connectivity index (χ2n) is 4.00. The SMILES string of the molecule is CCC(N)CNc1cnn(CC(F)(F)F)c(=O)c1Br. The lowest BCUT2D eigenvalue weighted by atomic mass is 10.2. The van der Waals surface area contributed by atoms with Crippen LogP contribution in [0.1, 0.15) is 13.3 Å². The number of nitrogens with two attached hydrogens (primary N) is 1. The predicted octanol–water partition coefficient (Wildman–Crippen LogP) is 1.72. The topological polar surface area (TPSA) is 72.9 Å². The summed E-state index contributed by atoms with van der Waals surface area (Å²) in [6.45, 7) is 0.889. The van der Waals surface area contributed by atoms with Crippen molar-refractivity contribution in [3.63, 3.8) is 0 Å². The van der Waals surface area contributed by atoms with Crippen LogP contribution < -0.4 is 16.6 Å². The number of alkyl halides is 3. The molecule has 3 N–H and O–H groups in total. The summed E-state index contributed by atoms with van der Waals surface area (Å²) in [6.07, 6.45) is -2.58. The Kier molecular flexibility index (Phi) is 5.36. The van der Waals surface area contributed by atoms with Crippen molar-refractivity contribution in [3.05, 3.63) is 21.0 Å². The molecule has 1 aromatic heterocycles. The molecule has 0 aliphatic heterocycles. The highest BCUT2D eigenvalue weighted by atomic mass is 79.9. The fraction of sp³-hybridized carbons (Fsp3) is 0.600. The van der Waals surface area contributed by atoms with Gasteiger partial charge in [0.25, 0.3) is 5.56 Å². The van der Waals surface area contributed by atoms with Crippen LogP contribution in [0.5, 0.6) is 0 Å². The van der Waals surface area contributed by atoms with Crippen molar-refractivity contribution in [2.24, 2.45) is 5.73 Å². The van der Waals surface area contributed by atoms with E-state index in [1.165, 1.54) is 6.20 Å². The number of nitrogens with one attached hydrogen (secondary N) is 1. The summed E-state index contributed by atoms with van der Waals surface area (Å²) in [7, 11) is 0. The molecule has 0 saturated heterocycles. The molecule has 108 valence electrons. The number of aromatic nitrogens is 2. The molecule has 5 nitrogen and oxygen atoms in total. The summed E-state index contributed by atoms with van der Waals surface area (Å²) in [6, 6.07) is -0.107. The Morgan fingerprint density at radius 1 is 1.58 bits per heavy atom. The van der Waals surface area contributed by atoms with E-state index in [1.54, 1.807) is 0 Å². The molecule has 1 unspecified atom stereocenters. The number of hydrogen-bond acceptors (Lipinski definition) is 4. The molecule has 0 fully saturated rings. The van der Waals surface area contributed by atoms with Gasteiger partial charge in [0, 0.05) is 12.6 Å². The second-order valence-corrected chi connectivity index (χ2v) is 4.79. The minimum Gasteiger partial charge on any atom is -0.381 e. The smallest absolute Gasteiger partial charge is 0.381 e. The molecule has 0 saturated carbocycles. The molecule has 0 aliphatic carbocycles. The highest BCUT2D eigenvalue weighted by molar-refractivity contribution is 9.10. The van der Waals surface area contributed by atoms with Crippen molar-refractivity contribution in [3.8, 4) is 0 Å². The van der Waals surface area contributed by atoms with Gasteiger partial charge in [-0.3, -0.25) is 4.79 Å². The monoisotopic (exact) mass is 342 g/mol. The molecule has 0 spiro atoms. The highest BCUT2D eigenvalue weighted by Crippen LogP contribution is 2.19. The van der Waals surface area contributed by atoms with Crippen LogP contribution in [0.15, 0.2) is 15.5 Å². The lowest BCUT2D eigenvalue weighted by molar-refractivity contribution is -0.143. The van der Waals surface area contributed by atoms with Crippen LogP contribution in [0.4, 0.5) is 18.9 Å². The Labute approximate surface area is 116 Å². The molecule has 0 amide bonds. The third-order valence-electron chi connectivity index (χ3n) is 2.39. The molecular weight excluding hydrogens is 329 g/mol. The zero-order chi connectivity index (χ0) is 14.6. The molecule has 19 heavy (non-hydrogen) atoms. The van der Waals surface area contributed by atoms with E-state index in [9.17, 15) is 18.0 Å². The summed E-state index contributed by atoms with van der Waals surface area (Å²) < 4.78 is 37.0. The van der Waals surface area contributed by atoms with Gasteiger partial charge in [-0.25, -0.2) is 4.68 Å². The van der Waals surface area contributed by atoms with Crippen LogP contribution in [0.25, 0.3) is 0 Å². The van der Waals surface area contributed by atoms with Crippen LogP contribution in [-0.4, -0.2) is 28.5 Å². The Bertz CT molecular complexity index is 489. The third-order valence-corrected chi connectivity index (χ3v) is 3.16. The van der Waals surface area contributed by atoms with Gasteiger partial charge in [0.05, 0.1) is 11.9 Å². The fourth-order valence-corrected chi connectivity index (χ4v) is 1.70. The van der Waals surface area contributed by atoms with E-state index < -0.39 is 18.3 Å². The first-order valence-electron chi connectivity index (χ1n) is 5.56. The zero-order valence-corrected chi connectivity index (χ0v) is 11.8. The van der Waals surface area contributed by atoms with Gasteiger partial charge in [-0.1, -0.05) is 6.92 Å². The Balaban J connectivity index is 2.89. The summed E-state index contributed by atoms with van der Waals surface area (Å²) in [5.74, 6) is 0. The Morgan fingerprint density at radius 3 is 2.74 bits per heavy atom. The van der Waals surface area contributed by atoms with Crippen molar-refractivity contribution >= 4 is 21.6 Å². The van der Waals surface area contributed by atoms with Gasteiger partial charge >= 0.3 is 6.18 Å². The number of nitrogens with zero attached hydrogens (tertiary/aromatic N) is 2. The summed E-state index contributed by atoms with van der Waals surface area (Å²) in [5.41, 5.74) is 5.18. The van der Waals surface area contributed by atoms with Crippen LogP contribution in [0.2, 0.25) is 0 Å². The normalized spacial score (nSPS) is 13.4. The molecule has 1 heterocycles. The van der Waals surface area contributed by atoms with Crippen LogP contribution in [0, 0.1) is 0 Å². The van der Waals surface area contributed by atoms with Crippen molar-refractivity contribution < 1.29 is 13.2 Å². The molecule has 0 aliphatic rings. The quantitative estimate of drug-likeness (QED) is 0.854. The van der Waals surface area contributed by atoms with Gasteiger partial charge in [0.2, 0.25) is 0 Å². The van der Waals surface area contributed by atoms with Crippen molar-refractivity contribution in [2.75, 3.05) is 11.9 Å². The minimum absolute atomic E-state index is 0.00931. The Morgan fingerprint density at radius 2 is 2.21 bits per heavy atom. The number of halogens is 4. The average Bonchev–Trinajstić information content (AvgIpc) is 2.32. The van der Waals surface area contributed by atoms with Gasteiger partial charge in [0.1, 0.15) is 11.0 Å². The molecule has 1 rings (SSSR count). The van der Waals surface area contributed by atoms with E-state index in [-0.39, 0.29) is 10.5 Å².